The number of rotatable bonds is 0. The van der Waals surface area contributed by atoms with Crippen LogP contribution in [0.1, 0.15) is 0 Å². The minimum absolute atomic E-state index is 1.92. The van der Waals surface area contributed by atoms with Gasteiger partial charge in [0.15, 0.2) is 0 Å². The van der Waals surface area contributed by atoms with Crippen LogP contribution in [0.5, 0.6) is 0 Å². The normalized spacial score (nSPS) is 9.82. The lowest BCUT2D eigenvalue weighted by atomic mass is 11.3. The van der Waals surface area contributed by atoms with Crippen LogP contribution in [-0.4, -0.2) is 71.0 Å². The summed E-state index contributed by atoms with van der Waals surface area (Å²) in [5.74, 6) is 0. The molecule has 3 N–H and O–H groups in total. The van der Waals surface area contributed by atoms with Crippen molar-refractivity contribution in [2.75, 3.05) is 42.3 Å². The van der Waals surface area contributed by atoms with E-state index in [4.69, 9.17) is 19.2 Å². The maximum Gasteiger partial charge on any atom is 0.466 e. The van der Waals surface area contributed by atoms with Gasteiger partial charge in [0, 0.05) is 0 Å². The zero-order valence-corrected chi connectivity index (χ0v) is 15.6. The maximum atomic E-state index is 8.88. The number of hydrogen-bond donors (Lipinski definition) is 3. The van der Waals surface area contributed by atoms with E-state index in [9.17, 15) is 0 Å². The highest BCUT2D eigenvalue weighted by molar-refractivity contribution is 7.45. The lowest BCUT2D eigenvalue weighted by Crippen LogP contribution is -1.88. The Labute approximate surface area is 112 Å². The molecule has 0 radical (unpaired) electrons. The number of phosphoric acid groups is 1. The molecule has 0 fully saturated rings. The fourth-order valence-corrected chi connectivity index (χ4v) is 0. The monoisotopic (exact) mass is 329 g/mol. The molecule has 7 nitrogen and oxygen atoms in total. The van der Waals surface area contributed by atoms with Gasteiger partial charge in [0.1, 0.15) is 0 Å². The third-order valence-electron chi connectivity index (χ3n) is 0. The molecule has 0 aromatic carbocycles. The molecule has 11 heteroatoms. The van der Waals surface area contributed by atoms with Crippen LogP contribution < -0.4 is 0 Å². The Balaban J connectivity index is -0.0000000667. The van der Waals surface area contributed by atoms with Gasteiger partial charge in [-0.2, -0.15) is 0 Å². The van der Waals surface area contributed by atoms with Gasteiger partial charge in [-0.3, -0.25) is 14.0 Å². The Morgan fingerprint density at radius 2 is 0.706 bits per heavy atom. The highest BCUT2D eigenvalue weighted by atomic mass is 31.2. The van der Waals surface area contributed by atoms with Gasteiger partial charge in [-0.15, -0.1) is 0 Å². The molecule has 0 bridgehead atoms. The summed E-state index contributed by atoms with van der Waals surface area (Å²) < 4.78 is 14.6. The standard InChI is InChI=1S/3C2H8NP.H3O4P/c3*1-3(2)4;1-5(2,3)4/h3*4H2,1-2H3;(H3,1,2,3,4). The van der Waals surface area contributed by atoms with Gasteiger partial charge in [0.05, 0.1) is 0 Å². The fraction of sp³-hybridized carbons (Fsp3) is 1.00. The second-order valence-electron chi connectivity index (χ2n) is 3.40. The van der Waals surface area contributed by atoms with Crippen LogP contribution in [-0.2, 0) is 4.57 Å². The van der Waals surface area contributed by atoms with Crippen molar-refractivity contribution in [3.63, 3.8) is 0 Å². The molecule has 17 heavy (non-hydrogen) atoms. The minimum Gasteiger partial charge on any atom is -0.303 e. The molecule has 3 unspecified atom stereocenters. The summed E-state index contributed by atoms with van der Waals surface area (Å²) in [6.45, 7) is 0. The van der Waals surface area contributed by atoms with Gasteiger partial charge >= 0.3 is 7.82 Å². The van der Waals surface area contributed by atoms with Crippen molar-refractivity contribution >= 4 is 36.0 Å². The molecule has 0 amide bonds. The Kier molecular flexibility index (Phi) is 27.2. The van der Waals surface area contributed by atoms with E-state index in [-0.39, 0.29) is 0 Å². The molecule has 3 atom stereocenters. The van der Waals surface area contributed by atoms with Gasteiger partial charge < -0.3 is 14.7 Å². The Morgan fingerprint density at radius 3 is 0.706 bits per heavy atom. The first-order valence-corrected chi connectivity index (χ1v) is 7.35. The maximum absolute atomic E-state index is 8.88. The molecule has 0 aliphatic rings. The third-order valence-corrected chi connectivity index (χ3v) is 0. The molecule has 0 aromatic rings. The van der Waals surface area contributed by atoms with Crippen molar-refractivity contribution in [2.45, 2.75) is 0 Å². The Morgan fingerprint density at radius 1 is 0.706 bits per heavy atom. The van der Waals surface area contributed by atoms with Crippen LogP contribution >= 0.6 is 36.0 Å². The first-order chi connectivity index (χ1) is 7.20. The van der Waals surface area contributed by atoms with E-state index in [1.165, 1.54) is 0 Å². The SMILES string of the molecule is CN(C)P.CN(C)P.CN(C)P.O=P(O)(O)O. The van der Waals surface area contributed by atoms with Crippen LogP contribution in [0.15, 0.2) is 0 Å². The predicted octanol–water partition coefficient (Wildman–Crippen LogP) is 0.0857. The van der Waals surface area contributed by atoms with Gasteiger partial charge in [0.25, 0.3) is 0 Å². The van der Waals surface area contributed by atoms with E-state index < -0.39 is 7.82 Å². The summed E-state index contributed by atoms with van der Waals surface area (Å²) in [5, 5.41) is 0. The lowest BCUT2D eigenvalue weighted by molar-refractivity contribution is 0.275. The zero-order chi connectivity index (χ0) is 15.2. The first-order valence-electron chi connectivity index (χ1n) is 4.24. The molecule has 0 saturated heterocycles. The van der Waals surface area contributed by atoms with Gasteiger partial charge in [-0.1, -0.05) is 28.2 Å². The van der Waals surface area contributed by atoms with E-state index in [1.807, 2.05) is 56.3 Å². The van der Waals surface area contributed by atoms with Crippen molar-refractivity contribution in [3.8, 4) is 0 Å². The summed E-state index contributed by atoms with van der Waals surface area (Å²) in [6, 6.07) is 0. The van der Waals surface area contributed by atoms with Crippen molar-refractivity contribution in [2.24, 2.45) is 0 Å². The van der Waals surface area contributed by atoms with Crippen LogP contribution in [0.3, 0.4) is 0 Å². The molecular formula is C6H27N3O4P4. The van der Waals surface area contributed by atoms with E-state index >= 15 is 0 Å². The highest BCUT2D eigenvalue weighted by Gasteiger charge is 2.00. The summed E-state index contributed by atoms with van der Waals surface area (Å²) in [6.07, 6.45) is 0. The topological polar surface area (TPSA) is 87.5 Å². The summed E-state index contributed by atoms with van der Waals surface area (Å²) in [5.41, 5.74) is 0. The minimum atomic E-state index is -4.64. The Bertz CT molecular complexity index is 146. The second kappa shape index (κ2) is 17.3. The van der Waals surface area contributed by atoms with E-state index in [2.05, 4.69) is 28.2 Å². The summed E-state index contributed by atoms with van der Waals surface area (Å²) >= 11 is 0. The van der Waals surface area contributed by atoms with Crippen molar-refractivity contribution < 1.29 is 19.2 Å². The molecular weight excluding hydrogens is 302 g/mol. The van der Waals surface area contributed by atoms with Crippen LogP contribution in [0.2, 0.25) is 0 Å². The van der Waals surface area contributed by atoms with E-state index in [0.29, 0.717) is 0 Å². The lowest BCUT2D eigenvalue weighted by Gasteiger charge is -1.90. The van der Waals surface area contributed by atoms with Crippen LogP contribution in [0, 0.1) is 0 Å². The molecule has 0 aliphatic heterocycles. The third kappa shape index (κ3) is 2460. The summed E-state index contributed by atoms with van der Waals surface area (Å²) in [7, 11) is 14.6. The van der Waals surface area contributed by atoms with Crippen molar-refractivity contribution in [1.82, 2.24) is 14.0 Å². The Hall–Kier alpha value is 1.28. The van der Waals surface area contributed by atoms with Crippen LogP contribution in [0.25, 0.3) is 0 Å². The number of nitrogens with zero attached hydrogens (tertiary/aromatic N) is 3. The predicted molar refractivity (Wildman–Crippen MR) is 84.5 cm³/mol. The average Bonchev–Trinajstić information content (AvgIpc) is 1.73. The van der Waals surface area contributed by atoms with E-state index in [1.54, 1.807) is 0 Å². The molecule has 0 saturated carbocycles. The van der Waals surface area contributed by atoms with Gasteiger partial charge in [-0.25, -0.2) is 4.57 Å². The quantitative estimate of drug-likeness (QED) is 0.543. The molecule has 0 spiro atoms. The molecule has 0 rings (SSSR count). The van der Waals surface area contributed by atoms with Crippen molar-refractivity contribution in [3.05, 3.63) is 0 Å². The average molecular weight is 329 g/mol. The zero-order valence-electron chi connectivity index (χ0n) is 11.3. The molecule has 0 heterocycles. The van der Waals surface area contributed by atoms with Crippen molar-refractivity contribution in [1.29, 1.82) is 0 Å². The molecule has 0 aromatic heterocycles. The largest absolute Gasteiger partial charge is 0.466 e. The summed E-state index contributed by atoms with van der Waals surface area (Å²) in [4.78, 5) is 21.6. The second-order valence-corrected chi connectivity index (χ2v) is 7.53. The fourth-order valence-electron chi connectivity index (χ4n) is 0. The van der Waals surface area contributed by atoms with E-state index in [0.717, 1.165) is 0 Å². The number of hydrogen-bond acceptors (Lipinski definition) is 4. The van der Waals surface area contributed by atoms with Gasteiger partial charge in [-0.05, 0) is 42.3 Å². The smallest absolute Gasteiger partial charge is 0.303 e. The first kappa shape index (κ1) is 26.8. The van der Waals surface area contributed by atoms with Gasteiger partial charge in [0.2, 0.25) is 0 Å². The van der Waals surface area contributed by atoms with Crippen LogP contribution in [0.4, 0.5) is 0 Å². The highest BCUT2D eigenvalue weighted by Crippen LogP contribution is 2.25. The molecule has 110 valence electrons. The molecule has 0 aliphatic carbocycles.